The minimum atomic E-state index is -0.281. The minimum absolute atomic E-state index is 0.281. The Bertz CT molecular complexity index is 617. The molecule has 0 spiro atoms. The van der Waals surface area contributed by atoms with Gasteiger partial charge in [0.15, 0.2) is 0 Å². The number of hydrogen-bond donors (Lipinski definition) is 0. The van der Waals surface area contributed by atoms with Crippen molar-refractivity contribution in [3.05, 3.63) is 47.6 Å². The van der Waals surface area contributed by atoms with E-state index in [1.54, 1.807) is 14.2 Å². The van der Waals surface area contributed by atoms with Crippen molar-refractivity contribution in [1.29, 1.82) is 0 Å². The van der Waals surface area contributed by atoms with Gasteiger partial charge in [-0.05, 0) is 24.9 Å². The van der Waals surface area contributed by atoms with E-state index in [0.717, 1.165) is 32.5 Å². The lowest BCUT2D eigenvalue weighted by Gasteiger charge is -2.30. The number of nitrogens with zero attached hydrogens (tertiary/aromatic N) is 3. The van der Waals surface area contributed by atoms with Gasteiger partial charge in [0.2, 0.25) is 11.7 Å². The zero-order chi connectivity index (χ0) is 16.8. The van der Waals surface area contributed by atoms with Crippen LogP contribution in [0.25, 0.3) is 0 Å². The Morgan fingerprint density at radius 3 is 2.88 bits per heavy atom. The van der Waals surface area contributed by atoms with Crippen molar-refractivity contribution >= 4 is 0 Å². The van der Waals surface area contributed by atoms with Crippen LogP contribution in [0.2, 0.25) is 0 Å². The molecule has 0 aliphatic carbocycles. The van der Waals surface area contributed by atoms with Crippen LogP contribution in [0.5, 0.6) is 0 Å². The van der Waals surface area contributed by atoms with Gasteiger partial charge in [-0.3, -0.25) is 4.90 Å². The maximum Gasteiger partial charge on any atom is 0.231 e. The summed E-state index contributed by atoms with van der Waals surface area (Å²) in [5, 5.41) is 4.08. The zero-order valence-corrected chi connectivity index (χ0v) is 14.4. The van der Waals surface area contributed by atoms with Gasteiger partial charge in [0.05, 0.1) is 12.5 Å². The highest BCUT2D eigenvalue weighted by molar-refractivity contribution is 5.14. The number of rotatable bonds is 7. The van der Waals surface area contributed by atoms with Gasteiger partial charge in [0.25, 0.3) is 0 Å². The third kappa shape index (κ3) is 4.20. The molecule has 1 fully saturated rings. The van der Waals surface area contributed by atoms with E-state index in [4.69, 9.17) is 14.0 Å². The molecular formula is C18H25N3O3. The third-order valence-corrected chi connectivity index (χ3v) is 4.45. The van der Waals surface area contributed by atoms with E-state index in [-0.39, 0.29) is 12.0 Å². The Morgan fingerprint density at radius 2 is 2.12 bits per heavy atom. The number of aromatic nitrogens is 2. The number of methoxy groups -OCH3 is 2. The van der Waals surface area contributed by atoms with Gasteiger partial charge in [-0.25, -0.2) is 0 Å². The molecule has 0 bridgehead atoms. The first-order chi connectivity index (χ1) is 11.8. The van der Waals surface area contributed by atoms with Crippen molar-refractivity contribution < 1.29 is 14.0 Å². The van der Waals surface area contributed by atoms with Gasteiger partial charge in [0, 0.05) is 27.3 Å². The summed E-state index contributed by atoms with van der Waals surface area (Å²) in [7, 11) is 3.26. The molecule has 3 rings (SSSR count). The Morgan fingerprint density at radius 1 is 1.29 bits per heavy atom. The summed E-state index contributed by atoms with van der Waals surface area (Å²) in [6.45, 7) is 3.43. The van der Waals surface area contributed by atoms with Gasteiger partial charge in [-0.1, -0.05) is 35.5 Å². The van der Waals surface area contributed by atoms with Crippen LogP contribution in [0.15, 0.2) is 34.9 Å². The van der Waals surface area contributed by atoms with Crippen molar-refractivity contribution in [1.82, 2.24) is 15.0 Å². The number of likely N-dealkylation sites (tertiary alicyclic amines) is 1. The molecule has 1 aliphatic heterocycles. The van der Waals surface area contributed by atoms with Crippen molar-refractivity contribution in [2.75, 3.05) is 33.9 Å². The smallest absolute Gasteiger partial charge is 0.231 e. The molecule has 0 amide bonds. The second kappa shape index (κ2) is 8.37. The molecular weight excluding hydrogens is 306 g/mol. The maximum absolute atomic E-state index is 5.51. The SMILES string of the molecule is COCC(OC)c1noc(C2CCCN(Cc3ccccc3)C2)n1. The van der Waals surface area contributed by atoms with E-state index in [1.165, 1.54) is 5.56 Å². The fourth-order valence-electron chi connectivity index (χ4n) is 3.19. The Labute approximate surface area is 142 Å². The van der Waals surface area contributed by atoms with E-state index in [1.807, 2.05) is 0 Å². The highest BCUT2D eigenvalue weighted by Gasteiger charge is 2.27. The lowest BCUT2D eigenvalue weighted by atomic mass is 9.97. The quantitative estimate of drug-likeness (QED) is 0.777. The standard InChI is InChI=1S/C18H25N3O3/c1-22-13-16(23-2)17-19-18(24-20-17)15-9-6-10-21(12-15)11-14-7-4-3-5-8-14/h3-5,7-8,15-16H,6,9-13H2,1-2H3. The van der Waals surface area contributed by atoms with Crippen LogP contribution in [0.1, 0.15) is 42.1 Å². The second-order valence-corrected chi connectivity index (χ2v) is 6.23. The van der Waals surface area contributed by atoms with Crippen LogP contribution in [0, 0.1) is 0 Å². The summed E-state index contributed by atoms with van der Waals surface area (Å²) < 4.78 is 16.0. The summed E-state index contributed by atoms with van der Waals surface area (Å²) in [6, 6.07) is 10.6. The maximum atomic E-state index is 5.51. The number of hydrogen-bond acceptors (Lipinski definition) is 6. The minimum Gasteiger partial charge on any atom is -0.381 e. The third-order valence-electron chi connectivity index (χ3n) is 4.45. The lowest BCUT2D eigenvalue weighted by Crippen LogP contribution is -2.34. The molecule has 1 aromatic heterocycles. The molecule has 1 saturated heterocycles. The molecule has 0 N–H and O–H groups in total. The van der Waals surface area contributed by atoms with Crippen molar-refractivity contribution in [3.8, 4) is 0 Å². The first-order valence-electron chi connectivity index (χ1n) is 8.41. The first kappa shape index (κ1) is 17.1. The average Bonchev–Trinajstić information content (AvgIpc) is 3.11. The van der Waals surface area contributed by atoms with E-state index < -0.39 is 0 Å². The molecule has 1 aromatic carbocycles. The highest BCUT2D eigenvalue weighted by Crippen LogP contribution is 2.27. The molecule has 0 saturated carbocycles. The molecule has 2 unspecified atom stereocenters. The van der Waals surface area contributed by atoms with E-state index in [9.17, 15) is 0 Å². The molecule has 2 heterocycles. The Hall–Kier alpha value is -1.76. The molecule has 1 aliphatic rings. The number of ether oxygens (including phenoxy) is 2. The number of benzene rings is 1. The van der Waals surface area contributed by atoms with Gasteiger partial charge >= 0.3 is 0 Å². The lowest BCUT2D eigenvalue weighted by molar-refractivity contribution is 0.0209. The van der Waals surface area contributed by atoms with Gasteiger partial charge in [0.1, 0.15) is 6.10 Å². The van der Waals surface area contributed by atoms with Crippen LogP contribution in [0.4, 0.5) is 0 Å². The van der Waals surface area contributed by atoms with Crippen LogP contribution < -0.4 is 0 Å². The van der Waals surface area contributed by atoms with Crippen molar-refractivity contribution in [3.63, 3.8) is 0 Å². The first-order valence-corrected chi connectivity index (χ1v) is 8.41. The second-order valence-electron chi connectivity index (χ2n) is 6.23. The molecule has 130 valence electrons. The van der Waals surface area contributed by atoms with Crippen molar-refractivity contribution in [2.24, 2.45) is 0 Å². The molecule has 6 nitrogen and oxygen atoms in total. The summed E-state index contributed by atoms with van der Waals surface area (Å²) in [6.07, 6.45) is 1.94. The number of piperidine rings is 1. The molecule has 6 heteroatoms. The summed E-state index contributed by atoms with van der Waals surface area (Å²) in [4.78, 5) is 7.01. The molecule has 2 atom stereocenters. The molecule has 0 radical (unpaired) electrons. The van der Waals surface area contributed by atoms with E-state index in [0.29, 0.717) is 18.3 Å². The van der Waals surface area contributed by atoms with E-state index >= 15 is 0 Å². The van der Waals surface area contributed by atoms with Crippen molar-refractivity contribution in [2.45, 2.75) is 31.4 Å². The summed E-state index contributed by atoms with van der Waals surface area (Å²) >= 11 is 0. The van der Waals surface area contributed by atoms with Crippen LogP contribution in [-0.2, 0) is 16.0 Å². The fourth-order valence-corrected chi connectivity index (χ4v) is 3.19. The molecule has 24 heavy (non-hydrogen) atoms. The highest BCUT2D eigenvalue weighted by atomic mass is 16.5. The Kier molecular flexibility index (Phi) is 5.96. The molecule has 2 aromatic rings. The average molecular weight is 331 g/mol. The van der Waals surface area contributed by atoms with E-state index in [2.05, 4.69) is 45.4 Å². The van der Waals surface area contributed by atoms with Gasteiger partial charge in [-0.2, -0.15) is 4.98 Å². The topological polar surface area (TPSA) is 60.6 Å². The van der Waals surface area contributed by atoms with Gasteiger partial charge < -0.3 is 14.0 Å². The van der Waals surface area contributed by atoms with Crippen LogP contribution >= 0.6 is 0 Å². The Balaban J connectivity index is 1.63. The normalized spacial score (nSPS) is 20.2. The summed E-state index contributed by atoms with van der Waals surface area (Å²) in [5.74, 6) is 1.55. The largest absolute Gasteiger partial charge is 0.381 e. The monoisotopic (exact) mass is 331 g/mol. The predicted molar refractivity (Wildman–Crippen MR) is 89.6 cm³/mol. The van der Waals surface area contributed by atoms with Crippen LogP contribution in [-0.4, -0.2) is 49.0 Å². The summed E-state index contributed by atoms with van der Waals surface area (Å²) in [5.41, 5.74) is 1.34. The van der Waals surface area contributed by atoms with Crippen LogP contribution in [0.3, 0.4) is 0 Å². The fraction of sp³-hybridized carbons (Fsp3) is 0.556. The van der Waals surface area contributed by atoms with Gasteiger partial charge in [-0.15, -0.1) is 0 Å². The predicted octanol–water partition coefficient (Wildman–Crippen LogP) is 2.78. The zero-order valence-electron chi connectivity index (χ0n) is 14.4.